The Morgan fingerprint density at radius 1 is 1.03 bits per heavy atom. The number of hydrogen-bond acceptors (Lipinski definition) is 4. The highest BCUT2D eigenvalue weighted by Gasteiger charge is 2.33. The summed E-state index contributed by atoms with van der Waals surface area (Å²) in [6, 6.07) is 12.7. The number of nitrogens with one attached hydrogen (secondary N) is 1. The maximum atomic E-state index is 13.6. The lowest BCUT2D eigenvalue weighted by atomic mass is 10.1. The molecule has 0 aliphatic heterocycles. The Kier molecular flexibility index (Phi) is 9.39. The van der Waals surface area contributed by atoms with Crippen molar-refractivity contribution in [1.29, 1.82) is 0 Å². The van der Waals surface area contributed by atoms with Crippen LogP contribution in [-0.4, -0.2) is 49.5 Å². The molecule has 1 N–H and O–H groups in total. The normalized spacial score (nSPS) is 12.7. The topological polar surface area (TPSA) is 86.8 Å². The fraction of sp³-hybridized carbons (Fsp3) is 0.417. The molecule has 1 atom stereocenters. The van der Waals surface area contributed by atoms with Crippen LogP contribution in [0.5, 0.6) is 0 Å². The van der Waals surface area contributed by atoms with Crippen LogP contribution in [0.4, 0.5) is 5.69 Å². The van der Waals surface area contributed by atoms with E-state index < -0.39 is 34.1 Å². The molecule has 2 rings (SSSR count). The monoisotopic (exact) mass is 527 g/mol. The highest BCUT2D eigenvalue weighted by molar-refractivity contribution is 7.92. The first-order chi connectivity index (χ1) is 15.7. The minimum absolute atomic E-state index is 0.143. The standard InChI is InChI=1S/C24H31Cl2N3O4S/c1-6-21(23(31)27-24(2,3)4)28(15-17-10-8-7-9-11-17)22(30)16-29(34(5,32)33)20-13-18(25)12-19(26)14-20/h7-14,21H,6,15-16H2,1-5H3,(H,27,31)/t21-/m0/s1. The smallest absolute Gasteiger partial charge is 0.244 e. The summed E-state index contributed by atoms with van der Waals surface area (Å²) in [6.07, 6.45) is 1.35. The number of rotatable bonds is 9. The zero-order valence-corrected chi connectivity index (χ0v) is 22.3. The molecule has 186 valence electrons. The lowest BCUT2D eigenvalue weighted by molar-refractivity contribution is -0.141. The summed E-state index contributed by atoms with van der Waals surface area (Å²) in [7, 11) is -3.87. The second-order valence-corrected chi connectivity index (χ2v) is 11.8. The summed E-state index contributed by atoms with van der Waals surface area (Å²) in [5, 5.41) is 3.40. The number of carbonyl (C=O) groups is 2. The minimum atomic E-state index is -3.87. The van der Waals surface area contributed by atoms with Crippen molar-refractivity contribution >= 4 is 50.7 Å². The maximum Gasteiger partial charge on any atom is 0.244 e. The quantitative estimate of drug-likeness (QED) is 0.520. The average molecular weight is 529 g/mol. The molecule has 0 bridgehead atoms. The van der Waals surface area contributed by atoms with Gasteiger partial charge >= 0.3 is 0 Å². The van der Waals surface area contributed by atoms with E-state index in [0.717, 1.165) is 16.1 Å². The molecule has 0 fully saturated rings. The molecule has 0 unspecified atom stereocenters. The molecular formula is C24H31Cl2N3O4S. The van der Waals surface area contributed by atoms with Crippen LogP contribution in [0, 0.1) is 0 Å². The average Bonchev–Trinajstić information content (AvgIpc) is 2.69. The van der Waals surface area contributed by atoms with Crippen molar-refractivity contribution in [3.8, 4) is 0 Å². The van der Waals surface area contributed by atoms with Crippen molar-refractivity contribution in [3.63, 3.8) is 0 Å². The highest BCUT2D eigenvalue weighted by atomic mass is 35.5. The maximum absolute atomic E-state index is 13.6. The summed E-state index contributed by atoms with van der Waals surface area (Å²) in [5.41, 5.74) is 0.484. The van der Waals surface area contributed by atoms with E-state index in [4.69, 9.17) is 23.2 Å². The van der Waals surface area contributed by atoms with Crippen molar-refractivity contribution in [2.24, 2.45) is 0 Å². The van der Waals surface area contributed by atoms with Crippen LogP contribution < -0.4 is 9.62 Å². The molecule has 34 heavy (non-hydrogen) atoms. The van der Waals surface area contributed by atoms with Gasteiger partial charge in [-0.25, -0.2) is 8.42 Å². The van der Waals surface area contributed by atoms with E-state index in [9.17, 15) is 18.0 Å². The molecule has 0 heterocycles. The third-order valence-electron chi connectivity index (χ3n) is 4.89. The number of carbonyl (C=O) groups excluding carboxylic acids is 2. The summed E-state index contributed by atoms with van der Waals surface area (Å²) in [6.45, 7) is 7.01. The molecule has 7 nitrogen and oxygen atoms in total. The van der Waals surface area contributed by atoms with Gasteiger partial charge in [0.05, 0.1) is 11.9 Å². The predicted octanol–water partition coefficient (Wildman–Crippen LogP) is 4.48. The number of anilines is 1. The Hall–Kier alpha value is -2.29. The van der Waals surface area contributed by atoms with Gasteiger partial charge in [0.2, 0.25) is 21.8 Å². The van der Waals surface area contributed by atoms with Crippen LogP contribution in [0.25, 0.3) is 0 Å². The fourth-order valence-electron chi connectivity index (χ4n) is 3.45. The largest absolute Gasteiger partial charge is 0.350 e. The Balaban J connectivity index is 2.46. The predicted molar refractivity (Wildman–Crippen MR) is 138 cm³/mol. The van der Waals surface area contributed by atoms with Gasteiger partial charge in [-0.2, -0.15) is 0 Å². The zero-order valence-electron chi connectivity index (χ0n) is 20.0. The number of hydrogen-bond donors (Lipinski definition) is 1. The molecule has 0 saturated carbocycles. The molecule has 0 radical (unpaired) electrons. The van der Waals surface area contributed by atoms with E-state index in [1.165, 1.54) is 23.1 Å². The molecule has 0 aliphatic rings. The van der Waals surface area contributed by atoms with E-state index in [1.807, 2.05) is 58.0 Å². The molecule has 2 aromatic carbocycles. The van der Waals surface area contributed by atoms with Gasteiger partial charge in [0.15, 0.2) is 0 Å². The van der Waals surface area contributed by atoms with Gasteiger partial charge in [0.1, 0.15) is 12.6 Å². The SMILES string of the molecule is CC[C@@H](C(=O)NC(C)(C)C)N(Cc1ccccc1)C(=O)CN(c1cc(Cl)cc(Cl)c1)S(C)(=O)=O. The van der Waals surface area contributed by atoms with E-state index >= 15 is 0 Å². The van der Waals surface area contributed by atoms with Crippen LogP contribution in [0.15, 0.2) is 48.5 Å². The minimum Gasteiger partial charge on any atom is -0.350 e. The highest BCUT2D eigenvalue weighted by Crippen LogP contribution is 2.27. The molecule has 0 saturated heterocycles. The van der Waals surface area contributed by atoms with Crippen molar-refractivity contribution in [1.82, 2.24) is 10.2 Å². The first-order valence-corrected chi connectivity index (χ1v) is 13.4. The van der Waals surface area contributed by atoms with E-state index in [-0.39, 0.29) is 28.2 Å². The Morgan fingerprint density at radius 3 is 2.06 bits per heavy atom. The van der Waals surface area contributed by atoms with Crippen LogP contribution in [0.2, 0.25) is 10.0 Å². The summed E-state index contributed by atoms with van der Waals surface area (Å²) in [5.74, 6) is -0.836. The van der Waals surface area contributed by atoms with E-state index in [0.29, 0.717) is 6.42 Å². The van der Waals surface area contributed by atoms with Gasteiger partial charge in [0.25, 0.3) is 0 Å². The third-order valence-corrected chi connectivity index (χ3v) is 6.47. The molecular weight excluding hydrogens is 497 g/mol. The third kappa shape index (κ3) is 8.18. The van der Waals surface area contributed by atoms with Gasteiger partial charge in [0, 0.05) is 22.1 Å². The fourth-order valence-corrected chi connectivity index (χ4v) is 4.80. The summed E-state index contributed by atoms with van der Waals surface area (Å²) >= 11 is 12.1. The number of nitrogens with zero attached hydrogens (tertiary/aromatic N) is 2. The van der Waals surface area contributed by atoms with Crippen molar-refractivity contribution < 1.29 is 18.0 Å². The van der Waals surface area contributed by atoms with E-state index in [2.05, 4.69) is 5.32 Å². The van der Waals surface area contributed by atoms with E-state index in [1.54, 1.807) is 0 Å². The summed E-state index contributed by atoms with van der Waals surface area (Å²) in [4.78, 5) is 28.1. The van der Waals surface area contributed by atoms with Crippen LogP contribution in [0.3, 0.4) is 0 Å². The van der Waals surface area contributed by atoms with Crippen LogP contribution in [-0.2, 0) is 26.2 Å². The molecule has 10 heteroatoms. The molecule has 2 amide bonds. The van der Waals surface area contributed by atoms with Crippen molar-refractivity contribution in [2.45, 2.75) is 52.2 Å². The number of sulfonamides is 1. The second kappa shape index (κ2) is 11.4. The van der Waals surface area contributed by atoms with Crippen molar-refractivity contribution in [2.75, 3.05) is 17.1 Å². The lowest BCUT2D eigenvalue weighted by Crippen LogP contribution is -2.55. The number of benzene rings is 2. The molecule has 0 spiro atoms. The Bertz CT molecular complexity index is 1100. The van der Waals surface area contributed by atoms with Crippen LogP contribution in [0.1, 0.15) is 39.7 Å². The van der Waals surface area contributed by atoms with Gasteiger partial charge in [-0.1, -0.05) is 60.5 Å². The number of amides is 2. The Labute approximate surface area is 212 Å². The molecule has 0 aromatic heterocycles. The zero-order chi connectivity index (χ0) is 25.7. The second-order valence-electron chi connectivity index (χ2n) is 9.07. The van der Waals surface area contributed by atoms with Gasteiger partial charge in [-0.15, -0.1) is 0 Å². The van der Waals surface area contributed by atoms with Crippen molar-refractivity contribution in [3.05, 3.63) is 64.1 Å². The number of halogens is 2. The first-order valence-electron chi connectivity index (χ1n) is 10.8. The van der Waals surface area contributed by atoms with Crippen LogP contribution >= 0.6 is 23.2 Å². The Morgan fingerprint density at radius 2 is 1.59 bits per heavy atom. The first kappa shape index (κ1) is 28.0. The van der Waals surface area contributed by atoms with Gasteiger partial charge in [-0.05, 0) is 51.0 Å². The van der Waals surface area contributed by atoms with Gasteiger partial charge in [-0.3, -0.25) is 13.9 Å². The molecule has 2 aromatic rings. The van der Waals surface area contributed by atoms with Gasteiger partial charge < -0.3 is 10.2 Å². The lowest BCUT2D eigenvalue weighted by Gasteiger charge is -2.34. The molecule has 0 aliphatic carbocycles. The summed E-state index contributed by atoms with van der Waals surface area (Å²) < 4.78 is 26.2.